The molecule has 0 aromatic heterocycles. The van der Waals surface area contributed by atoms with Gasteiger partial charge >= 0.3 is 0 Å². The molecule has 2 aliphatic heterocycles. The first-order valence-electron chi connectivity index (χ1n) is 8.50. The third kappa shape index (κ3) is 4.99. The van der Waals surface area contributed by atoms with Gasteiger partial charge in [-0.25, -0.2) is 21.7 Å². The summed E-state index contributed by atoms with van der Waals surface area (Å²) in [5, 5.41) is 14.5. The first kappa shape index (κ1) is 20.1. The lowest BCUT2D eigenvalue weighted by molar-refractivity contribution is -0.0144. The molecule has 3 aliphatic rings. The van der Waals surface area contributed by atoms with Crippen LogP contribution in [-0.4, -0.2) is 66.7 Å². The molecule has 146 valence electrons. The number of aliphatic hydroxyl groups is 1. The molecule has 1 aliphatic carbocycles. The summed E-state index contributed by atoms with van der Waals surface area (Å²) in [7, 11) is 5.07. The van der Waals surface area contributed by atoms with Gasteiger partial charge in [-0.2, -0.15) is 0 Å². The lowest BCUT2D eigenvalue weighted by Gasteiger charge is -2.40. The molecule has 9 nitrogen and oxygen atoms in total. The number of hydrogen-bond donors (Lipinski definition) is 6. The van der Waals surface area contributed by atoms with Crippen molar-refractivity contribution in [1.29, 1.82) is 0 Å². The predicted molar refractivity (Wildman–Crippen MR) is 98.0 cm³/mol. The van der Waals surface area contributed by atoms with E-state index in [1.54, 1.807) is 44.9 Å². The monoisotopic (exact) mass is 395 g/mol. The van der Waals surface area contributed by atoms with Crippen LogP contribution in [0.1, 0.15) is 19.3 Å². The average molecular weight is 396 g/mol. The molecule has 8 atom stereocenters. The molecule has 0 spiro atoms. The SMILES string of the molecule is COC1CCC(NC2NNC(OC)S2)C(C(O)C2NNC(OC)S2)C1. The van der Waals surface area contributed by atoms with Crippen LogP contribution in [-0.2, 0) is 14.2 Å². The van der Waals surface area contributed by atoms with Crippen LogP contribution in [0, 0.1) is 5.92 Å². The molecule has 0 bridgehead atoms. The van der Waals surface area contributed by atoms with Gasteiger partial charge in [0.25, 0.3) is 0 Å². The zero-order valence-corrected chi connectivity index (χ0v) is 16.4. The van der Waals surface area contributed by atoms with Crippen molar-refractivity contribution in [3.05, 3.63) is 0 Å². The van der Waals surface area contributed by atoms with E-state index in [1.165, 1.54) is 0 Å². The van der Waals surface area contributed by atoms with Crippen LogP contribution in [0.3, 0.4) is 0 Å². The number of methoxy groups -OCH3 is 3. The van der Waals surface area contributed by atoms with E-state index in [2.05, 4.69) is 27.0 Å². The predicted octanol–water partition coefficient (Wildman–Crippen LogP) is -0.728. The molecule has 25 heavy (non-hydrogen) atoms. The molecule has 0 radical (unpaired) electrons. The molecule has 2 saturated heterocycles. The van der Waals surface area contributed by atoms with Crippen molar-refractivity contribution in [2.75, 3.05) is 21.3 Å². The van der Waals surface area contributed by atoms with E-state index in [4.69, 9.17) is 14.2 Å². The summed E-state index contributed by atoms with van der Waals surface area (Å²) >= 11 is 3.19. The van der Waals surface area contributed by atoms with Gasteiger partial charge in [-0.3, -0.25) is 5.32 Å². The number of hydrazine groups is 2. The van der Waals surface area contributed by atoms with Gasteiger partial charge in [-0.1, -0.05) is 23.5 Å². The highest BCUT2D eigenvalue weighted by atomic mass is 32.2. The van der Waals surface area contributed by atoms with Gasteiger partial charge in [0.2, 0.25) is 0 Å². The van der Waals surface area contributed by atoms with E-state index < -0.39 is 6.10 Å². The van der Waals surface area contributed by atoms with Crippen LogP contribution in [0.5, 0.6) is 0 Å². The summed E-state index contributed by atoms with van der Waals surface area (Å²) in [6.45, 7) is 0. The second kappa shape index (κ2) is 9.51. The Kier molecular flexibility index (Phi) is 7.64. The van der Waals surface area contributed by atoms with Gasteiger partial charge in [0.1, 0.15) is 5.50 Å². The fraction of sp³-hybridized carbons (Fsp3) is 1.00. The molecule has 3 rings (SSSR count). The summed E-state index contributed by atoms with van der Waals surface area (Å²) in [5.41, 5.74) is 12.3. The van der Waals surface area contributed by atoms with Crippen molar-refractivity contribution in [2.24, 2.45) is 5.92 Å². The number of thioether (sulfide) groups is 2. The maximum absolute atomic E-state index is 11.0. The van der Waals surface area contributed by atoms with Crippen LogP contribution in [0.2, 0.25) is 0 Å². The van der Waals surface area contributed by atoms with Gasteiger partial charge in [0, 0.05) is 33.3 Å². The minimum Gasteiger partial charge on any atom is -0.390 e. The van der Waals surface area contributed by atoms with Gasteiger partial charge in [-0.05, 0) is 19.3 Å². The Bertz CT molecular complexity index is 427. The van der Waals surface area contributed by atoms with E-state index in [-0.39, 0.29) is 40.1 Å². The summed E-state index contributed by atoms with van der Waals surface area (Å²) in [5.74, 6) is 0.0742. The molecular weight excluding hydrogens is 366 g/mol. The van der Waals surface area contributed by atoms with Crippen molar-refractivity contribution in [3.63, 3.8) is 0 Å². The van der Waals surface area contributed by atoms with Crippen molar-refractivity contribution < 1.29 is 19.3 Å². The minimum atomic E-state index is -0.523. The highest BCUT2D eigenvalue weighted by Gasteiger charge is 2.42. The Morgan fingerprint density at radius 3 is 2.32 bits per heavy atom. The van der Waals surface area contributed by atoms with E-state index >= 15 is 0 Å². The van der Waals surface area contributed by atoms with Crippen molar-refractivity contribution in [3.8, 4) is 0 Å². The lowest BCUT2D eigenvalue weighted by Crippen LogP contribution is -2.56. The summed E-state index contributed by atoms with van der Waals surface area (Å²) in [6, 6.07) is 0.188. The molecule has 0 amide bonds. The zero-order chi connectivity index (χ0) is 17.8. The Hall–Kier alpha value is 0.340. The molecule has 3 fully saturated rings. The highest BCUT2D eigenvalue weighted by molar-refractivity contribution is 8.00. The van der Waals surface area contributed by atoms with E-state index in [1.807, 2.05) is 0 Å². The number of nitrogens with one attached hydrogen (secondary N) is 5. The molecule has 2 heterocycles. The summed E-state index contributed by atoms with van der Waals surface area (Å²) in [4.78, 5) is 0. The van der Waals surface area contributed by atoms with Crippen molar-refractivity contribution in [1.82, 2.24) is 27.0 Å². The van der Waals surface area contributed by atoms with Crippen LogP contribution in [0.15, 0.2) is 0 Å². The maximum atomic E-state index is 11.0. The average Bonchev–Trinajstić information content (AvgIpc) is 3.30. The standard InChI is InChI=1S/C14H29N5O4S2/c1-21-7-4-5-9(15-12-17-19-14(23-3)25-12)8(6-7)10(20)11-16-18-13(22-2)24-11/h7-20H,4-6H2,1-3H3. The van der Waals surface area contributed by atoms with Gasteiger partial charge < -0.3 is 19.3 Å². The maximum Gasteiger partial charge on any atom is 0.170 e. The number of ether oxygens (including phenoxy) is 3. The van der Waals surface area contributed by atoms with Gasteiger partial charge in [0.15, 0.2) is 11.1 Å². The molecule has 8 unspecified atom stereocenters. The molecular formula is C14H29N5O4S2. The fourth-order valence-electron chi connectivity index (χ4n) is 3.55. The van der Waals surface area contributed by atoms with Crippen LogP contribution in [0.4, 0.5) is 0 Å². The zero-order valence-electron chi connectivity index (χ0n) is 14.7. The second-order valence-electron chi connectivity index (χ2n) is 6.38. The van der Waals surface area contributed by atoms with Crippen molar-refractivity contribution >= 4 is 23.5 Å². The van der Waals surface area contributed by atoms with Crippen LogP contribution >= 0.6 is 23.5 Å². The van der Waals surface area contributed by atoms with Crippen LogP contribution in [0.25, 0.3) is 0 Å². The summed E-state index contributed by atoms with van der Waals surface area (Å²) < 4.78 is 16.1. The molecule has 11 heteroatoms. The molecule has 1 saturated carbocycles. The molecule has 6 N–H and O–H groups in total. The van der Waals surface area contributed by atoms with Gasteiger partial charge in [0.05, 0.1) is 17.6 Å². The van der Waals surface area contributed by atoms with E-state index in [0.29, 0.717) is 0 Å². The molecule has 0 aromatic carbocycles. The van der Waals surface area contributed by atoms with Crippen molar-refractivity contribution in [2.45, 2.75) is 59.5 Å². The fourth-order valence-corrected chi connectivity index (χ4v) is 5.44. The Labute approximate surface area is 157 Å². The smallest absolute Gasteiger partial charge is 0.170 e. The van der Waals surface area contributed by atoms with Gasteiger partial charge in [-0.15, -0.1) is 0 Å². The Morgan fingerprint density at radius 1 is 0.960 bits per heavy atom. The Balaban J connectivity index is 1.61. The second-order valence-corrected chi connectivity index (χ2v) is 8.76. The highest BCUT2D eigenvalue weighted by Crippen LogP contribution is 2.35. The number of rotatable bonds is 7. The first-order valence-corrected chi connectivity index (χ1v) is 10.4. The van der Waals surface area contributed by atoms with E-state index in [0.717, 1.165) is 19.3 Å². The topological polar surface area (TPSA) is 108 Å². The minimum absolute atomic E-state index is 0.0396. The lowest BCUT2D eigenvalue weighted by atomic mass is 9.79. The van der Waals surface area contributed by atoms with E-state index in [9.17, 15) is 5.11 Å². The Morgan fingerprint density at radius 2 is 1.68 bits per heavy atom. The number of aliphatic hydroxyl groups excluding tert-OH is 1. The number of hydrogen-bond acceptors (Lipinski definition) is 11. The summed E-state index contributed by atoms with van der Waals surface area (Å²) in [6.07, 6.45) is 2.43. The third-order valence-electron chi connectivity index (χ3n) is 4.93. The normalized spacial score (nSPS) is 43.4. The molecule has 0 aromatic rings. The third-order valence-corrected chi connectivity index (χ3v) is 7.26. The van der Waals surface area contributed by atoms with Crippen LogP contribution < -0.4 is 27.0 Å². The first-order chi connectivity index (χ1) is 12.1. The quantitative estimate of drug-likeness (QED) is 0.328. The largest absolute Gasteiger partial charge is 0.390 e.